The van der Waals surface area contributed by atoms with E-state index in [1.54, 1.807) is 0 Å². The van der Waals surface area contributed by atoms with Crippen LogP contribution in [0.25, 0.3) is 0 Å². The van der Waals surface area contributed by atoms with Gasteiger partial charge in [-0.2, -0.15) is 0 Å². The lowest BCUT2D eigenvalue weighted by molar-refractivity contribution is -0.117. The first-order valence-corrected chi connectivity index (χ1v) is 7.45. The minimum Gasteiger partial charge on any atom is -0.384 e. The highest BCUT2D eigenvalue weighted by atomic mass is 16.3. The van der Waals surface area contributed by atoms with Crippen LogP contribution in [0.3, 0.4) is 0 Å². The minimum atomic E-state index is -0.618. The van der Waals surface area contributed by atoms with Gasteiger partial charge in [0.25, 0.3) is 0 Å². The zero-order valence-corrected chi connectivity index (χ0v) is 12.3. The Balaban J connectivity index is 1.90. The maximum absolute atomic E-state index is 11.1. The van der Waals surface area contributed by atoms with Crippen LogP contribution in [0.1, 0.15) is 44.7 Å². The SMILES string of the molecule is CC(C)(C)c1ccc([C@@]2(O)CN3CCC2CC3)cc1. The molecule has 3 saturated heterocycles. The second-order valence-electron chi connectivity index (χ2n) is 7.30. The second-order valence-corrected chi connectivity index (χ2v) is 7.30. The van der Waals surface area contributed by atoms with E-state index in [1.165, 1.54) is 5.56 Å². The number of hydrogen-bond donors (Lipinski definition) is 1. The molecule has 3 heterocycles. The fraction of sp³-hybridized carbons (Fsp3) is 0.647. The summed E-state index contributed by atoms with van der Waals surface area (Å²) in [5, 5.41) is 11.1. The van der Waals surface area contributed by atoms with Crippen molar-refractivity contribution in [3.8, 4) is 0 Å². The summed E-state index contributed by atoms with van der Waals surface area (Å²) < 4.78 is 0. The van der Waals surface area contributed by atoms with E-state index in [9.17, 15) is 5.11 Å². The Bertz CT molecular complexity index is 451. The molecule has 19 heavy (non-hydrogen) atoms. The van der Waals surface area contributed by atoms with Crippen molar-refractivity contribution in [2.24, 2.45) is 5.92 Å². The molecule has 104 valence electrons. The molecular weight excluding hydrogens is 234 g/mol. The highest BCUT2D eigenvalue weighted by Gasteiger charge is 2.46. The van der Waals surface area contributed by atoms with Crippen molar-refractivity contribution < 1.29 is 5.11 Å². The molecule has 0 radical (unpaired) electrons. The highest BCUT2D eigenvalue weighted by Crippen LogP contribution is 2.42. The standard InChI is InChI=1S/C17H25NO/c1-16(2,3)13-4-6-14(7-5-13)17(19)12-18-10-8-15(17)9-11-18/h4-7,15,19H,8-12H2,1-3H3/t17-/m0/s1. The monoisotopic (exact) mass is 259 g/mol. The van der Waals surface area contributed by atoms with Crippen LogP contribution in [0.5, 0.6) is 0 Å². The van der Waals surface area contributed by atoms with Gasteiger partial charge in [0.15, 0.2) is 0 Å². The van der Waals surface area contributed by atoms with E-state index < -0.39 is 5.60 Å². The Hall–Kier alpha value is -0.860. The van der Waals surface area contributed by atoms with Crippen LogP contribution in [-0.4, -0.2) is 29.6 Å². The average molecular weight is 259 g/mol. The summed E-state index contributed by atoms with van der Waals surface area (Å²) >= 11 is 0. The van der Waals surface area contributed by atoms with Gasteiger partial charge in [-0.25, -0.2) is 0 Å². The Morgan fingerprint density at radius 1 is 1.11 bits per heavy atom. The molecule has 0 spiro atoms. The van der Waals surface area contributed by atoms with E-state index in [1.807, 2.05) is 0 Å². The van der Waals surface area contributed by atoms with Gasteiger partial charge < -0.3 is 10.0 Å². The molecule has 0 unspecified atom stereocenters. The summed E-state index contributed by atoms with van der Waals surface area (Å²) in [5.74, 6) is 0.443. The van der Waals surface area contributed by atoms with Gasteiger partial charge >= 0.3 is 0 Å². The number of nitrogens with zero attached hydrogens (tertiary/aromatic N) is 1. The lowest BCUT2D eigenvalue weighted by Crippen LogP contribution is -2.57. The molecule has 0 saturated carbocycles. The van der Waals surface area contributed by atoms with E-state index in [4.69, 9.17) is 0 Å². The van der Waals surface area contributed by atoms with Crippen LogP contribution >= 0.6 is 0 Å². The third kappa shape index (κ3) is 2.21. The summed E-state index contributed by atoms with van der Waals surface area (Å²) in [6.45, 7) is 9.81. The number of piperidine rings is 3. The molecule has 1 aromatic carbocycles. The first-order chi connectivity index (χ1) is 8.89. The van der Waals surface area contributed by atoms with Crippen molar-refractivity contribution in [2.75, 3.05) is 19.6 Å². The first-order valence-electron chi connectivity index (χ1n) is 7.45. The average Bonchev–Trinajstić information content (AvgIpc) is 2.39. The van der Waals surface area contributed by atoms with Crippen molar-refractivity contribution in [3.05, 3.63) is 35.4 Å². The van der Waals surface area contributed by atoms with Crippen LogP contribution in [0.15, 0.2) is 24.3 Å². The molecule has 0 amide bonds. The van der Waals surface area contributed by atoms with Crippen LogP contribution in [-0.2, 0) is 11.0 Å². The molecule has 2 bridgehead atoms. The number of hydrogen-bond acceptors (Lipinski definition) is 2. The number of benzene rings is 1. The third-order valence-electron chi connectivity index (χ3n) is 4.98. The Kier molecular flexibility index (Phi) is 2.99. The van der Waals surface area contributed by atoms with Gasteiger partial charge in [-0.15, -0.1) is 0 Å². The Morgan fingerprint density at radius 3 is 2.11 bits per heavy atom. The maximum atomic E-state index is 11.1. The fourth-order valence-electron chi connectivity index (χ4n) is 3.62. The number of aliphatic hydroxyl groups is 1. The van der Waals surface area contributed by atoms with Gasteiger partial charge in [0.1, 0.15) is 5.60 Å². The van der Waals surface area contributed by atoms with Crippen LogP contribution in [0.2, 0.25) is 0 Å². The molecule has 4 rings (SSSR count). The zero-order chi connectivity index (χ0) is 13.7. The molecule has 3 aliphatic rings. The zero-order valence-electron chi connectivity index (χ0n) is 12.3. The summed E-state index contributed by atoms with van der Waals surface area (Å²) in [6, 6.07) is 8.65. The summed E-state index contributed by atoms with van der Waals surface area (Å²) in [6.07, 6.45) is 2.27. The van der Waals surface area contributed by atoms with E-state index >= 15 is 0 Å². The van der Waals surface area contributed by atoms with E-state index in [0.29, 0.717) is 5.92 Å². The van der Waals surface area contributed by atoms with E-state index in [2.05, 4.69) is 49.9 Å². The summed E-state index contributed by atoms with van der Waals surface area (Å²) in [5.41, 5.74) is 2.00. The quantitative estimate of drug-likeness (QED) is 0.838. The normalized spacial score (nSPS) is 34.5. The molecule has 2 heteroatoms. The van der Waals surface area contributed by atoms with E-state index in [0.717, 1.165) is 38.0 Å². The maximum Gasteiger partial charge on any atom is 0.105 e. The third-order valence-corrected chi connectivity index (χ3v) is 4.98. The predicted molar refractivity (Wildman–Crippen MR) is 78.2 cm³/mol. The van der Waals surface area contributed by atoms with Gasteiger partial charge in [0, 0.05) is 6.54 Å². The lowest BCUT2D eigenvalue weighted by Gasteiger charge is -2.50. The van der Waals surface area contributed by atoms with Gasteiger partial charge in [-0.05, 0) is 48.4 Å². The Morgan fingerprint density at radius 2 is 1.68 bits per heavy atom. The molecule has 1 N–H and O–H groups in total. The molecule has 1 atom stereocenters. The van der Waals surface area contributed by atoms with Crippen LogP contribution < -0.4 is 0 Å². The summed E-state index contributed by atoms with van der Waals surface area (Å²) in [7, 11) is 0. The van der Waals surface area contributed by atoms with Gasteiger partial charge in [0.05, 0.1) is 0 Å². The van der Waals surface area contributed by atoms with Crippen molar-refractivity contribution in [3.63, 3.8) is 0 Å². The van der Waals surface area contributed by atoms with Crippen molar-refractivity contribution in [2.45, 2.75) is 44.6 Å². The number of rotatable bonds is 1. The number of fused-ring (bicyclic) bond motifs is 3. The molecule has 3 aliphatic heterocycles. The molecule has 0 aliphatic carbocycles. The first kappa shape index (κ1) is 13.1. The molecular formula is C17H25NO. The van der Waals surface area contributed by atoms with Gasteiger partial charge in [0.2, 0.25) is 0 Å². The minimum absolute atomic E-state index is 0.177. The molecule has 2 nitrogen and oxygen atoms in total. The van der Waals surface area contributed by atoms with E-state index in [-0.39, 0.29) is 5.41 Å². The van der Waals surface area contributed by atoms with Gasteiger partial charge in [-0.1, -0.05) is 45.0 Å². The van der Waals surface area contributed by atoms with Crippen molar-refractivity contribution in [1.29, 1.82) is 0 Å². The predicted octanol–water partition coefficient (Wildman–Crippen LogP) is 2.90. The molecule has 3 fully saturated rings. The molecule has 0 aromatic heterocycles. The summed E-state index contributed by atoms with van der Waals surface area (Å²) in [4.78, 5) is 2.40. The largest absolute Gasteiger partial charge is 0.384 e. The van der Waals surface area contributed by atoms with Crippen molar-refractivity contribution in [1.82, 2.24) is 4.90 Å². The highest BCUT2D eigenvalue weighted by molar-refractivity contribution is 5.32. The topological polar surface area (TPSA) is 23.5 Å². The smallest absolute Gasteiger partial charge is 0.105 e. The molecule has 1 aromatic rings. The Labute approximate surface area is 116 Å². The van der Waals surface area contributed by atoms with Crippen LogP contribution in [0.4, 0.5) is 0 Å². The van der Waals surface area contributed by atoms with Gasteiger partial charge in [-0.3, -0.25) is 0 Å². The van der Waals surface area contributed by atoms with Crippen LogP contribution in [0, 0.1) is 5.92 Å². The lowest BCUT2D eigenvalue weighted by atomic mass is 9.71. The second kappa shape index (κ2) is 4.32. The fourth-order valence-corrected chi connectivity index (χ4v) is 3.62. The van der Waals surface area contributed by atoms with Crippen molar-refractivity contribution >= 4 is 0 Å².